The molecule has 3 aliphatic heterocycles. The van der Waals surface area contributed by atoms with Crippen LogP contribution in [0.25, 0.3) is 0 Å². The molecule has 1 saturated heterocycles. The minimum Gasteiger partial charge on any atom is -0.350 e. The number of benzene rings is 2. The van der Waals surface area contributed by atoms with Crippen molar-refractivity contribution in [3.8, 4) is 0 Å². The fourth-order valence-electron chi connectivity index (χ4n) is 4.55. The zero-order chi connectivity index (χ0) is 23.0. The van der Waals surface area contributed by atoms with Crippen LogP contribution in [-0.4, -0.2) is 46.2 Å². The lowest BCUT2D eigenvalue weighted by Gasteiger charge is -2.38. The summed E-state index contributed by atoms with van der Waals surface area (Å²) in [6.45, 7) is 2.55. The first-order valence-corrected chi connectivity index (χ1v) is 10.9. The van der Waals surface area contributed by atoms with Crippen LogP contribution >= 0.6 is 0 Å². The Balaban J connectivity index is 1.37. The van der Waals surface area contributed by atoms with Crippen LogP contribution in [0.15, 0.2) is 70.9 Å². The standard InChI is InChI=1S/C24H24F2N6O/c1-24-21(29-23(33)28-17-6-3-2-4-7-17)15-27-32(24)13-11-22(30-24)31-12-5-8-20(31)18-14-16(25)9-10-19(18)26/h2-4,6-7,9-11,13-15,20-21H,5,8,12H2,1H3,(H2,28,29,33)/t20-,21?,24?/m1/s1. The first kappa shape index (κ1) is 21.1. The number of amides is 2. The normalized spacial score (nSPS) is 25.7. The first-order valence-electron chi connectivity index (χ1n) is 10.9. The number of nitrogens with one attached hydrogen (secondary N) is 2. The third-order valence-corrected chi connectivity index (χ3v) is 6.28. The number of carbonyl (C=O) groups excluding carboxylic acids is 1. The number of hydrogen-bond acceptors (Lipinski definition) is 5. The van der Waals surface area contributed by atoms with Crippen molar-refractivity contribution >= 4 is 23.8 Å². The van der Waals surface area contributed by atoms with E-state index in [-0.39, 0.29) is 12.1 Å². The number of aliphatic imine (C=N–C) groups is 1. The number of carbonyl (C=O) groups is 1. The number of hydrazone groups is 1. The highest BCUT2D eigenvalue weighted by molar-refractivity contribution is 5.96. The van der Waals surface area contributed by atoms with Crippen LogP contribution in [-0.2, 0) is 0 Å². The molecular formula is C24H24F2N6O. The smallest absolute Gasteiger partial charge is 0.319 e. The van der Waals surface area contributed by atoms with Crippen molar-refractivity contribution in [2.45, 2.75) is 37.5 Å². The summed E-state index contributed by atoms with van der Waals surface area (Å²) in [5.41, 5.74) is 0.124. The van der Waals surface area contributed by atoms with Crippen LogP contribution in [0.1, 0.15) is 31.4 Å². The minimum absolute atomic E-state index is 0.311. The second-order valence-corrected chi connectivity index (χ2v) is 8.45. The van der Waals surface area contributed by atoms with Crippen LogP contribution in [0.2, 0.25) is 0 Å². The average molecular weight is 450 g/mol. The van der Waals surface area contributed by atoms with Gasteiger partial charge < -0.3 is 15.5 Å². The Morgan fingerprint density at radius 3 is 2.82 bits per heavy atom. The van der Waals surface area contributed by atoms with Crippen molar-refractivity contribution in [2.75, 3.05) is 11.9 Å². The van der Waals surface area contributed by atoms with Gasteiger partial charge >= 0.3 is 6.03 Å². The minimum atomic E-state index is -0.883. The molecule has 5 rings (SSSR count). The Morgan fingerprint density at radius 1 is 1.18 bits per heavy atom. The van der Waals surface area contributed by atoms with Gasteiger partial charge in [0, 0.05) is 24.0 Å². The van der Waals surface area contributed by atoms with Crippen molar-refractivity contribution in [2.24, 2.45) is 10.1 Å². The van der Waals surface area contributed by atoms with Crippen molar-refractivity contribution in [1.29, 1.82) is 0 Å². The van der Waals surface area contributed by atoms with Gasteiger partial charge in [-0.25, -0.2) is 23.6 Å². The maximum Gasteiger partial charge on any atom is 0.319 e. The lowest BCUT2D eigenvalue weighted by molar-refractivity contribution is 0.174. The third kappa shape index (κ3) is 3.94. The van der Waals surface area contributed by atoms with Gasteiger partial charge in [-0.1, -0.05) is 18.2 Å². The Morgan fingerprint density at radius 2 is 2.00 bits per heavy atom. The zero-order valence-corrected chi connectivity index (χ0v) is 18.1. The van der Waals surface area contributed by atoms with Gasteiger partial charge in [0.25, 0.3) is 0 Å². The van der Waals surface area contributed by atoms with Crippen LogP contribution < -0.4 is 10.6 Å². The van der Waals surface area contributed by atoms with Crippen molar-refractivity contribution < 1.29 is 13.6 Å². The number of rotatable bonds is 3. The molecule has 2 amide bonds. The first-order chi connectivity index (χ1) is 15.9. The number of hydrogen-bond donors (Lipinski definition) is 2. The van der Waals surface area contributed by atoms with E-state index in [1.807, 2.05) is 36.1 Å². The molecule has 33 heavy (non-hydrogen) atoms. The number of anilines is 1. The van der Waals surface area contributed by atoms with Crippen molar-refractivity contribution in [3.63, 3.8) is 0 Å². The molecule has 0 bridgehead atoms. The molecule has 0 aliphatic carbocycles. The van der Waals surface area contributed by atoms with Gasteiger partial charge in [0.05, 0.1) is 12.3 Å². The van der Waals surface area contributed by atoms with Crippen LogP contribution in [0.4, 0.5) is 19.3 Å². The number of nitrogens with zero attached hydrogens (tertiary/aromatic N) is 4. The van der Waals surface area contributed by atoms with Crippen LogP contribution in [0.3, 0.4) is 0 Å². The summed E-state index contributed by atoms with van der Waals surface area (Å²) in [7, 11) is 0. The maximum absolute atomic E-state index is 14.5. The molecule has 2 aromatic rings. The molecule has 9 heteroatoms. The summed E-state index contributed by atoms with van der Waals surface area (Å²) in [6, 6.07) is 11.5. The predicted molar refractivity (Wildman–Crippen MR) is 123 cm³/mol. The summed E-state index contributed by atoms with van der Waals surface area (Å²) in [4.78, 5) is 19.5. The molecule has 0 saturated carbocycles. The molecule has 3 aliphatic rings. The van der Waals surface area contributed by atoms with Gasteiger partial charge in [0.15, 0.2) is 5.66 Å². The van der Waals surface area contributed by atoms with Crippen molar-refractivity contribution in [1.82, 2.24) is 15.2 Å². The fourth-order valence-corrected chi connectivity index (χ4v) is 4.55. The zero-order valence-electron chi connectivity index (χ0n) is 18.1. The number of amidine groups is 1. The number of urea groups is 1. The Hall–Kier alpha value is -3.75. The largest absolute Gasteiger partial charge is 0.350 e. The van der Waals surface area contributed by atoms with E-state index in [2.05, 4.69) is 15.7 Å². The van der Waals surface area contributed by atoms with Crippen molar-refractivity contribution in [3.05, 3.63) is 78.0 Å². The second kappa shape index (κ2) is 8.31. The van der Waals surface area contributed by atoms with E-state index < -0.39 is 23.3 Å². The highest BCUT2D eigenvalue weighted by Gasteiger charge is 2.46. The average Bonchev–Trinajstić information content (AvgIpc) is 3.40. The van der Waals surface area contributed by atoms with E-state index in [9.17, 15) is 13.6 Å². The van der Waals surface area contributed by atoms with Gasteiger partial charge in [0.1, 0.15) is 23.5 Å². The quantitative estimate of drug-likeness (QED) is 0.735. The van der Waals surface area contributed by atoms with E-state index in [4.69, 9.17) is 4.99 Å². The number of halogens is 2. The topological polar surface area (TPSA) is 72.3 Å². The van der Waals surface area contributed by atoms with E-state index in [1.165, 1.54) is 12.1 Å². The molecular weight excluding hydrogens is 426 g/mol. The summed E-state index contributed by atoms with van der Waals surface area (Å²) < 4.78 is 28.3. The molecule has 1 fully saturated rings. The molecule has 170 valence electrons. The Bertz CT molecular complexity index is 1150. The molecule has 3 atom stereocenters. The van der Waals surface area contributed by atoms with E-state index >= 15 is 0 Å². The summed E-state index contributed by atoms with van der Waals surface area (Å²) >= 11 is 0. The van der Waals surface area contributed by atoms with Gasteiger partial charge in [-0.15, -0.1) is 0 Å². The highest BCUT2D eigenvalue weighted by atomic mass is 19.1. The van der Waals surface area contributed by atoms with Crippen LogP contribution in [0.5, 0.6) is 0 Å². The third-order valence-electron chi connectivity index (χ3n) is 6.28. The number of fused-ring (bicyclic) bond motifs is 1. The molecule has 3 heterocycles. The molecule has 0 spiro atoms. The summed E-state index contributed by atoms with van der Waals surface area (Å²) in [5.74, 6) is -0.237. The molecule has 2 unspecified atom stereocenters. The fraction of sp³-hybridized carbons (Fsp3) is 0.292. The number of para-hydroxylation sites is 1. The summed E-state index contributed by atoms with van der Waals surface area (Å²) in [6.07, 6.45) is 6.81. The highest BCUT2D eigenvalue weighted by Crippen LogP contribution is 2.37. The molecule has 2 N–H and O–H groups in total. The Kier molecular flexibility index (Phi) is 5.32. The van der Waals surface area contributed by atoms with E-state index in [0.29, 0.717) is 30.1 Å². The van der Waals surface area contributed by atoms with E-state index in [0.717, 1.165) is 12.5 Å². The molecule has 7 nitrogen and oxygen atoms in total. The van der Waals surface area contributed by atoms with Gasteiger partial charge in [-0.05, 0) is 56.2 Å². The predicted octanol–water partition coefficient (Wildman–Crippen LogP) is 4.24. The lowest BCUT2D eigenvalue weighted by atomic mass is 10.0. The Labute approximate surface area is 190 Å². The molecule has 0 radical (unpaired) electrons. The second-order valence-electron chi connectivity index (χ2n) is 8.45. The number of likely N-dealkylation sites (tertiary alicyclic amines) is 1. The molecule has 2 aromatic carbocycles. The SMILES string of the molecule is CC12N=C(N3CCC[C@@H]3c3cc(F)ccc3F)C=CN1N=CC2NC(=O)Nc1ccccc1. The van der Waals surface area contributed by atoms with Gasteiger partial charge in [0.2, 0.25) is 0 Å². The summed E-state index contributed by atoms with van der Waals surface area (Å²) in [5, 5.41) is 11.8. The molecule has 0 aromatic heterocycles. The monoisotopic (exact) mass is 450 g/mol. The van der Waals surface area contributed by atoms with Gasteiger partial charge in [-0.3, -0.25) is 0 Å². The maximum atomic E-state index is 14.5. The van der Waals surface area contributed by atoms with Gasteiger partial charge in [-0.2, -0.15) is 5.10 Å². The van der Waals surface area contributed by atoms with Crippen LogP contribution in [0, 0.1) is 11.6 Å². The lowest BCUT2D eigenvalue weighted by Crippen LogP contribution is -2.56. The van der Waals surface area contributed by atoms with E-state index in [1.54, 1.807) is 29.6 Å².